The summed E-state index contributed by atoms with van der Waals surface area (Å²) in [5, 5.41) is 5.24. The normalized spacial score (nSPS) is 10.3. The Morgan fingerprint density at radius 3 is 2.78 bits per heavy atom. The Morgan fingerprint density at radius 1 is 1.33 bits per heavy atom. The van der Waals surface area contributed by atoms with Gasteiger partial charge in [-0.05, 0) is 30.0 Å². The minimum atomic E-state index is 0. The lowest BCUT2D eigenvalue weighted by atomic mass is 10.3. The Bertz CT molecular complexity index is 622. The minimum Gasteiger partial charge on any atom is -1.00 e. The summed E-state index contributed by atoms with van der Waals surface area (Å²) in [7, 11) is 0. The van der Waals surface area contributed by atoms with Crippen molar-refractivity contribution in [3.05, 3.63) is 39.5 Å². The molecule has 3 aromatic rings. The van der Waals surface area contributed by atoms with Gasteiger partial charge in [0.2, 0.25) is 5.95 Å². The molecule has 2 heterocycles. The number of anilines is 2. The van der Waals surface area contributed by atoms with Crippen LogP contribution in [0.4, 0.5) is 11.6 Å². The van der Waals surface area contributed by atoms with Gasteiger partial charge in [-0.25, -0.2) is 4.98 Å². The first kappa shape index (κ1) is 13.2. The zero-order valence-electron chi connectivity index (χ0n) is 9.50. The second-order valence-corrected chi connectivity index (χ2v) is 5.28. The molecular weight excluding hydrogens is 289 g/mol. The lowest BCUT2D eigenvalue weighted by molar-refractivity contribution is -0.00000341. The number of aromatic amines is 1. The van der Waals surface area contributed by atoms with Crippen LogP contribution in [0.1, 0.15) is 5.56 Å². The summed E-state index contributed by atoms with van der Waals surface area (Å²) < 4.78 is 0.753. The Balaban J connectivity index is 0.00000120. The third-order valence-corrected chi connectivity index (χ3v) is 3.90. The number of para-hydroxylation sites is 2. The van der Waals surface area contributed by atoms with Crippen LogP contribution in [0.2, 0.25) is 4.34 Å². The van der Waals surface area contributed by atoms with Crippen molar-refractivity contribution < 1.29 is 12.4 Å². The molecule has 6 heteroatoms. The monoisotopic (exact) mass is 298 g/mol. The van der Waals surface area contributed by atoms with Gasteiger partial charge in [-0.2, -0.15) is 0 Å². The van der Waals surface area contributed by atoms with Crippen LogP contribution in [0.15, 0.2) is 29.6 Å². The third-order valence-electron chi connectivity index (χ3n) is 2.56. The van der Waals surface area contributed by atoms with Crippen molar-refractivity contribution in [2.75, 3.05) is 5.32 Å². The predicted molar refractivity (Wildman–Crippen MR) is 73.4 cm³/mol. The van der Waals surface area contributed by atoms with Gasteiger partial charge in [-0.3, -0.25) is 0 Å². The maximum Gasteiger partial charge on any atom is 0.205 e. The van der Waals surface area contributed by atoms with Gasteiger partial charge in [0, 0.05) is 0 Å². The van der Waals surface area contributed by atoms with Gasteiger partial charge >= 0.3 is 0 Å². The maximum atomic E-state index is 6.11. The molecule has 2 aromatic heterocycles. The highest BCUT2D eigenvalue weighted by Crippen LogP contribution is 2.34. The fourth-order valence-corrected chi connectivity index (χ4v) is 2.75. The molecule has 2 N–H and O–H groups in total. The van der Waals surface area contributed by atoms with Crippen molar-refractivity contribution in [3.8, 4) is 0 Å². The van der Waals surface area contributed by atoms with E-state index < -0.39 is 0 Å². The molecule has 0 unspecified atom stereocenters. The number of benzene rings is 1. The molecule has 18 heavy (non-hydrogen) atoms. The molecule has 0 radical (unpaired) electrons. The molecule has 0 atom stereocenters. The third kappa shape index (κ3) is 2.32. The van der Waals surface area contributed by atoms with E-state index in [1.54, 1.807) is 0 Å². The van der Waals surface area contributed by atoms with Crippen molar-refractivity contribution in [1.29, 1.82) is 0 Å². The highest BCUT2D eigenvalue weighted by atomic mass is 35.5. The lowest BCUT2D eigenvalue weighted by Gasteiger charge is -2.01. The van der Waals surface area contributed by atoms with E-state index in [1.165, 1.54) is 11.3 Å². The van der Waals surface area contributed by atoms with Crippen molar-refractivity contribution >= 4 is 45.6 Å². The smallest absolute Gasteiger partial charge is 0.205 e. The summed E-state index contributed by atoms with van der Waals surface area (Å²) in [5.41, 5.74) is 4.01. The van der Waals surface area contributed by atoms with Crippen LogP contribution in [0.25, 0.3) is 11.0 Å². The number of thiophene rings is 1. The number of imidazole rings is 1. The number of H-pyrrole nitrogens is 1. The number of nitrogens with zero attached hydrogens (tertiary/aromatic N) is 1. The Kier molecular flexibility index (Phi) is 3.80. The first-order valence-electron chi connectivity index (χ1n) is 5.19. The molecule has 0 bridgehead atoms. The van der Waals surface area contributed by atoms with Crippen LogP contribution in [0.3, 0.4) is 0 Å². The number of hydrogen-bond donors (Lipinski definition) is 2. The Labute approximate surface area is 120 Å². The van der Waals surface area contributed by atoms with E-state index in [1.807, 2.05) is 36.6 Å². The SMILES string of the molecule is Cc1csc(Cl)c1Nc1nc2ccccc2[nH]1.[Cl-]. The van der Waals surface area contributed by atoms with E-state index in [0.29, 0.717) is 0 Å². The van der Waals surface area contributed by atoms with Gasteiger partial charge in [0.1, 0.15) is 4.34 Å². The van der Waals surface area contributed by atoms with E-state index >= 15 is 0 Å². The zero-order chi connectivity index (χ0) is 11.8. The summed E-state index contributed by atoms with van der Waals surface area (Å²) in [6, 6.07) is 7.91. The van der Waals surface area contributed by atoms with Crippen molar-refractivity contribution in [1.82, 2.24) is 9.97 Å². The van der Waals surface area contributed by atoms with Crippen molar-refractivity contribution in [2.45, 2.75) is 6.92 Å². The molecule has 1 aromatic carbocycles. The van der Waals surface area contributed by atoms with Gasteiger partial charge in [0.15, 0.2) is 0 Å². The van der Waals surface area contributed by atoms with Crippen LogP contribution in [0, 0.1) is 6.92 Å². The van der Waals surface area contributed by atoms with Crippen molar-refractivity contribution in [3.63, 3.8) is 0 Å². The average Bonchev–Trinajstić information content (AvgIpc) is 2.87. The molecule has 0 spiro atoms. The number of aromatic nitrogens is 2. The number of aryl methyl sites for hydroxylation is 1. The van der Waals surface area contributed by atoms with Crippen LogP contribution < -0.4 is 17.7 Å². The Morgan fingerprint density at radius 2 is 2.11 bits per heavy atom. The highest BCUT2D eigenvalue weighted by molar-refractivity contribution is 7.15. The molecule has 3 rings (SSSR count). The quantitative estimate of drug-likeness (QED) is 0.749. The second-order valence-electron chi connectivity index (χ2n) is 3.79. The number of rotatable bonds is 2. The van der Waals surface area contributed by atoms with Gasteiger partial charge in [0.05, 0.1) is 16.7 Å². The summed E-state index contributed by atoms with van der Waals surface area (Å²) in [6.45, 7) is 2.02. The summed E-state index contributed by atoms with van der Waals surface area (Å²) in [4.78, 5) is 7.66. The molecule has 0 aliphatic rings. The minimum absolute atomic E-state index is 0. The maximum absolute atomic E-state index is 6.11. The van der Waals surface area contributed by atoms with E-state index in [2.05, 4.69) is 15.3 Å². The van der Waals surface area contributed by atoms with E-state index in [0.717, 1.165) is 32.6 Å². The fourth-order valence-electron chi connectivity index (χ4n) is 1.69. The largest absolute Gasteiger partial charge is 1.00 e. The van der Waals surface area contributed by atoms with Gasteiger partial charge in [-0.15, -0.1) is 11.3 Å². The van der Waals surface area contributed by atoms with Crippen LogP contribution in [-0.2, 0) is 0 Å². The van der Waals surface area contributed by atoms with Gasteiger partial charge in [-0.1, -0.05) is 23.7 Å². The molecule has 0 fully saturated rings. The molecule has 94 valence electrons. The first-order valence-corrected chi connectivity index (χ1v) is 6.45. The number of hydrogen-bond acceptors (Lipinski definition) is 3. The van der Waals surface area contributed by atoms with E-state index in [9.17, 15) is 0 Å². The molecule has 0 aliphatic heterocycles. The average molecular weight is 299 g/mol. The summed E-state index contributed by atoms with van der Waals surface area (Å²) >= 11 is 7.63. The molecule has 0 saturated carbocycles. The van der Waals surface area contributed by atoms with Gasteiger partial charge < -0.3 is 22.7 Å². The highest BCUT2D eigenvalue weighted by Gasteiger charge is 2.09. The standard InChI is InChI=1S/C12H10ClN3S.ClH/c1-7-6-17-11(13)10(7)16-12-14-8-4-2-3-5-9(8)15-12;/h2-6H,1H3,(H2,14,15,16);1H/p-1. The molecule has 0 saturated heterocycles. The van der Waals surface area contributed by atoms with Crippen LogP contribution in [-0.4, -0.2) is 9.97 Å². The number of nitrogens with one attached hydrogen (secondary N) is 2. The molecule has 0 aliphatic carbocycles. The van der Waals surface area contributed by atoms with E-state index in [-0.39, 0.29) is 12.4 Å². The lowest BCUT2D eigenvalue weighted by Crippen LogP contribution is -3.00. The zero-order valence-corrected chi connectivity index (χ0v) is 11.8. The Hall–Kier alpha value is -1.23. The summed E-state index contributed by atoms with van der Waals surface area (Å²) in [5.74, 6) is 0.717. The number of fused-ring (bicyclic) bond motifs is 1. The first-order chi connectivity index (χ1) is 8.24. The molecule has 3 nitrogen and oxygen atoms in total. The molecule has 0 amide bonds. The second kappa shape index (κ2) is 5.18. The molecular formula is C12H10Cl2N3S-. The van der Waals surface area contributed by atoms with Crippen LogP contribution >= 0.6 is 22.9 Å². The predicted octanol–water partition coefficient (Wildman–Crippen LogP) is 1.33. The van der Waals surface area contributed by atoms with Crippen molar-refractivity contribution in [2.24, 2.45) is 0 Å². The van der Waals surface area contributed by atoms with E-state index in [4.69, 9.17) is 11.6 Å². The fraction of sp³-hybridized carbons (Fsp3) is 0.0833. The van der Waals surface area contributed by atoms with Crippen LogP contribution in [0.5, 0.6) is 0 Å². The number of halogens is 2. The topological polar surface area (TPSA) is 40.7 Å². The van der Waals surface area contributed by atoms with Gasteiger partial charge in [0.25, 0.3) is 0 Å². The summed E-state index contributed by atoms with van der Waals surface area (Å²) in [6.07, 6.45) is 0.